The number of aromatic nitrogens is 1. The predicted octanol–water partition coefficient (Wildman–Crippen LogP) is 2.65. The van der Waals surface area contributed by atoms with Gasteiger partial charge >= 0.3 is 5.97 Å². The number of carboxylic acid groups (broad SMARTS) is 1. The van der Waals surface area contributed by atoms with Crippen molar-refractivity contribution in [1.29, 1.82) is 0 Å². The van der Waals surface area contributed by atoms with Crippen molar-refractivity contribution in [2.75, 3.05) is 0 Å². The maximum absolute atomic E-state index is 11.8. The maximum atomic E-state index is 11.8. The molecule has 5 heteroatoms. The molecule has 1 aromatic heterocycles. The number of hydrogen-bond acceptors (Lipinski definition) is 2. The van der Waals surface area contributed by atoms with Crippen LogP contribution in [-0.4, -0.2) is 15.6 Å². The quantitative estimate of drug-likeness (QED) is 0.887. The summed E-state index contributed by atoms with van der Waals surface area (Å²) in [4.78, 5) is 22.7. The molecular weight excluding hydrogens is 298 g/mol. The highest BCUT2D eigenvalue weighted by atomic mass is 79.9. The minimum Gasteiger partial charge on any atom is -0.478 e. The van der Waals surface area contributed by atoms with Gasteiger partial charge in [-0.15, -0.1) is 6.58 Å². The van der Waals surface area contributed by atoms with Crippen molar-refractivity contribution in [3.05, 3.63) is 57.3 Å². The Hall–Kier alpha value is -1.88. The van der Waals surface area contributed by atoms with Crippen LogP contribution in [0.5, 0.6) is 0 Å². The van der Waals surface area contributed by atoms with Gasteiger partial charge in [-0.1, -0.05) is 6.08 Å². The Morgan fingerprint density at radius 3 is 2.78 bits per heavy atom. The average Bonchev–Trinajstić information content (AvgIpc) is 2.32. The normalized spacial score (nSPS) is 10.5. The molecule has 0 bridgehead atoms. The van der Waals surface area contributed by atoms with Crippen molar-refractivity contribution in [1.82, 2.24) is 4.57 Å². The molecule has 0 atom stereocenters. The van der Waals surface area contributed by atoms with E-state index >= 15 is 0 Å². The lowest BCUT2D eigenvalue weighted by Gasteiger charge is -2.10. The number of rotatable bonds is 3. The number of hydrogen-bond donors (Lipinski definition) is 1. The molecule has 1 N–H and O–H groups in total. The van der Waals surface area contributed by atoms with E-state index in [1.807, 2.05) is 0 Å². The van der Waals surface area contributed by atoms with Crippen molar-refractivity contribution in [3.63, 3.8) is 0 Å². The van der Waals surface area contributed by atoms with E-state index in [0.717, 1.165) is 0 Å². The van der Waals surface area contributed by atoms with Crippen LogP contribution in [0, 0.1) is 0 Å². The summed E-state index contributed by atoms with van der Waals surface area (Å²) in [6.07, 6.45) is 1.62. The zero-order valence-corrected chi connectivity index (χ0v) is 11.0. The molecule has 0 fully saturated rings. The number of nitrogens with zero attached hydrogens (tertiary/aromatic N) is 1. The first-order valence-corrected chi connectivity index (χ1v) is 6.01. The molecule has 0 saturated heterocycles. The molecule has 1 aromatic carbocycles. The second-order valence-electron chi connectivity index (χ2n) is 3.77. The zero-order chi connectivity index (χ0) is 13.3. The van der Waals surface area contributed by atoms with Crippen LogP contribution in [0.15, 0.2) is 46.2 Å². The minimum absolute atomic E-state index is 0.147. The molecule has 0 aliphatic heterocycles. The first kappa shape index (κ1) is 12.6. The van der Waals surface area contributed by atoms with E-state index < -0.39 is 5.97 Å². The number of pyridine rings is 1. The van der Waals surface area contributed by atoms with Gasteiger partial charge < -0.3 is 9.67 Å². The van der Waals surface area contributed by atoms with E-state index in [2.05, 4.69) is 22.5 Å². The lowest BCUT2D eigenvalue weighted by atomic mass is 10.1. The fourth-order valence-electron chi connectivity index (χ4n) is 1.83. The molecule has 0 amide bonds. The fourth-order valence-corrected chi connectivity index (χ4v) is 2.52. The summed E-state index contributed by atoms with van der Waals surface area (Å²) >= 11 is 3.31. The van der Waals surface area contributed by atoms with Crippen LogP contribution in [0.1, 0.15) is 10.4 Å². The third kappa shape index (κ3) is 2.09. The van der Waals surface area contributed by atoms with E-state index in [1.165, 1.54) is 16.7 Å². The third-order valence-electron chi connectivity index (χ3n) is 2.59. The van der Waals surface area contributed by atoms with Gasteiger partial charge in [0.25, 0.3) is 5.56 Å². The van der Waals surface area contributed by atoms with Crippen LogP contribution in [-0.2, 0) is 6.54 Å². The summed E-state index contributed by atoms with van der Waals surface area (Å²) in [5, 5.41) is 9.69. The number of carbonyl (C=O) groups is 1. The molecule has 18 heavy (non-hydrogen) atoms. The van der Waals surface area contributed by atoms with Gasteiger partial charge in [0.15, 0.2) is 0 Å². The Labute approximate surface area is 111 Å². The van der Waals surface area contributed by atoms with Gasteiger partial charge in [0, 0.05) is 22.5 Å². The number of carboxylic acids is 1. The molecule has 92 valence electrons. The molecule has 0 aliphatic rings. The van der Waals surface area contributed by atoms with E-state index in [0.29, 0.717) is 21.9 Å². The highest BCUT2D eigenvalue weighted by Crippen LogP contribution is 2.25. The van der Waals surface area contributed by atoms with Gasteiger partial charge in [-0.25, -0.2) is 4.79 Å². The second-order valence-corrected chi connectivity index (χ2v) is 4.63. The Morgan fingerprint density at radius 1 is 1.44 bits per heavy atom. The van der Waals surface area contributed by atoms with Gasteiger partial charge in [-0.2, -0.15) is 0 Å². The van der Waals surface area contributed by atoms with Crippen LogP contribution >= 0.6 is 15.9 Å². The van der Waals surface area contributed by atoms with Crippen LogP contribution in [0.4, 0.5) is 0 Å². The summed E-state index contributed by atoms with van der Waals surface area (Å²) in [7, 11) is 0. The maximum Gasteiger partial charge on any atom is 0.335 e. The summed E-state index contributed by atoms with van der Waals surface area (Å²) in [6, 6.07) is 6.07. The summed E-state index contributed by atoms with van der Waals surface area (Å²) < 4.78 is 2.12. The standard InChI is InChI=1S/C13H10BrNO3/c1-2-5-15-11(16)4-3-8-6-9(13(17)18)7-10(14)12(8)15/h2-4,6-7H,1,5H2,(H,17,18). The van der Waals surface area contributed by atoms with E-state index in [9.17, 15) is 9.59 Å². The summed E-state index contributed by atoms with van der Waals surface area (Å²) in [6.45, 7) is 3.99. The van der Waals surface area contributed by atoms with Crippen LogP contribution in [0.3, 0.4) is 0 Å². The molecule has 0 saturated carbocycles. The van der Waals surface area contributed by atoms with Gasteiger partial charge in [-0.3, -0.25) is 4.79 Å². The molecule has 2 rings (SSSR count). The van der Waals surface area contributed by atoms with Gasteiger partial charge in [-0.05, 0) is 34.1 Å². The van der Waals surface area contributed by atoms with Crippen molar-refractivity contribution in [3.8, 4) is 0 Å². The second kappa shape index (κ2) is 4.78. The van der Waals surface area contributed by atoms with Crippen molar-refractivity contribution in [2.24, 2.45) is 0 Å². The molecule has 4 nitrogen and oxygen atoms in total. The highest BCUT2D eigenvalue weighted by molar-refractivity contribution is 9.10. The Morgan fingerprint density at radius 2 is 2.17 bits per heavy atom. The van der Waals surface area contributed by atoms with E-state index in [4.69, 9.17) is 5.11 Å². The van der Waals surface area contributed by atoms with E-state index in [-0.39, 0.29) is 11.1 Å². The lowest BCUT2D eigenvalue weighted by molar-refractivity contribution is 0.0697. The average molecular weight is 308 g/mol. The highest BCUT2D eigenvalue weighted by Gasteiger charge is 2.11. The van der Waals surface area contributed by atoms with Crippen molar-refractivity contribution >= 4 is 32.8 Å². The largest absolute Gasteiger partial charge is 0.478 e. The zero-order valence-electron chi connectivity index (χ0n) is 9.39. The number of fused-ring (bicyclic) bond motifs is 1. The summed E-state index contributed by atoms with van der Waals surface area (Å²) in [5.41, 5.74) is 0.705. The Balaban J connectivity index is 2.86. The molecule has 0 unspecified atom stereocenters. The summed E-state index contributed by atoms with van der Waals surface area (Å²) in [5.74, 6) is -1.00. The van der Waals surface area contributed by atoms with Crippen LogP contribution in [0.25, 0.3) is 10.9 Å². The topological polar surface area (TPSA) is 59.3 Å². The Kier molecular flexibility index (Phi) is 3.34. The van der Waals surface area contributed by atoms with Gasteiger partial charge in [0.05, 0.1) is 11.1 Å². The molecule has 1 heterocycles. The number of aromatic carboxylic acids is 1. The monoisotopic (exact) mass is 307 g/mol. The molecular formula is C13H10BrNO3. The third-order valence-corrected chi connectivity index (χ3v) is 3.20. The van der Waals surface area contributed by atoms with E-state index in [1.54, 1.807) is 18.2 Å². The Bertz CT molecular complexity index is 703. The smallest absolute Gasteiger partial charge is 0.335 e. The first-order valence-electron chi connectivity index (χ1n) is 5.22. The van der Waals surface area contributed by atoms with Crippen LogP contribution < -0.4 is 5.56 Å². The molecule has 0 spiro atoms. The van der Waals surface area contributed by atoms with Gasteiger partial charge in [0.2, 0.25) is 0 Å². The lowest BCUT2D eigenvalue weighted by Crippen LogP contribution is -2.19. The molecule has 2 aromatic rings. The SMILES string of the molecule is C=CCn1c(=O)ccc2cc(C(=O)O)cc(Br)c21. The number of allylic oxidation sites excluding steroid dienone is 1. The van der Waals surface area contributed by atoms with Crippen LogP contribution in [0.2, 0.25) is 0 Å². The first-order chi connectivity index (χ1) is 8.54. The number of benzene rings is 1. The molecule has 0 aliphatic carbocycles. The number of halogens is 1. The fraction of sp³-hybridized carbons (Fsp3) is 0.0769. The molecule has 0 radical (unpaired) electrons. The minimum atomic E-state index is -1.00. The van der Waals surface area contributed by atoms with Gasteiger partial charge in [0.1, 0.15) is 0 Å². The van der Waals surface area contributed by atoms with Crippen molar-refractivity contribution < 1.29 is 9.90 Å². The van der Waals surface area contributed by atoms with Crippen molar-refractivity contribution in [2.45, 2.75) is 6.54 Å². The predicted molar refractivity (Wildman–Crippen MR) is 73.1 cm³/mol.